The predicted molar refractivity (Wildman–Crippen MR) is 248 cm³/mol. The Morgan fingerprint density at radius 1 is 0.484 bits per heavy atom. The number of esters is 1. The third-order valence-corrected chi connectivity index (χ3v) is 9.85. The Morgan fingerprint density at radius 3 is 1.20 bits per heavy atom. The van der Waals surface area contributed by atoms with Gasteiger partial charge in [-0.3, -0.25) is 19.2 Å². The summed E-state index contributed by atoms with van der Waals surface area (Å²) in [7, 11) is 0. The number of hydrogen-bond acceptors (Lipinski definition) is 7. The second-order valence-electron chi connectivity index (χ2n) is 14.7. The molecule has 64 heavy (non-hydrogen) atoms. The summed E-state index contributed by atoms with van der Waals surface area (Å²) in [5.74, 6) is -2.34. The molecule has 0 bridgehead atoms. The van der Waals surface area contributed by atoms with E-state index in [1.165, 1.54) is 24.3 Å². The van der Waals surface area contributed by atoms with E-state index in [0.717, 1.165) is 27.8 Å². The number of nitrogens with one attached hydrogen (secondary N) is 2. The van der Waals surface area contributed by atoms with Crippen LogP contribution < -0.4 is 10.6 Å². The second kappa shape index (κ2) is 25.1. The van der Waals surface area contributed by atoms with E-state index in [1.807, 2.05) is 121 Å². The molecule has 0 fully saturated rings. The van der Waals surface area contributed by atoms with Gasteiger partial charge in [-0.2, -0.15) is 0 Å². The maximum absolute atomic E-state index is 13.1. The van der Waals surface area contributed by atoms with Gasteiger partial charge in [-0.25, -0.2) is 9.59 Å². The van der Waals surface area contributed by atoms with Gasteiger partial charge in [0.15, 0.2) is 11.6 Å². The van der Waals surface area contributed by atoms with Crippen LogP contribution in [0, 0.1) is 0 Å². The average Bonchev–Trinajstić information content (AvgIpc) is 3.32. The number of ether oxygens (including phenoxy) is 1. The van der Waals surface area contributed by atoms with Crippen LogP contribution >= 0.6 is 0 Å². The van der Waals surface area contributed by atoms with Gasteiger partial charge in [-0.15, -0.1) is 0 Å². The topological polar surface area (TPSA) is 156 Å². The number of rotatable bonds is 19. The van der Waals surface area contributed by atoms with Crippen LogP contribution in [0.25, 0.3) is 12.2 Å². The highest BCUT2D eigenvalue weighted by molar-refractivity contribution is 5.98. The van der Waals surface area contributed by atoms with Crippen LogP contribution in [0.5, 0.6) is 0 Å². The third-order valence-electron chi connectivity index (χ3n) is 9.85. The molecular formula is C54H50N2O8. The first kappa shape index (κ1) is 47.1. The molecular weight excluding hydrogens is 805 g/mol. The summed E-state index contributed by atoms with van der Waals surface area (Å²) in [5, 5.41) is 14.7. The fraction of sp³-hybridized carbons (Fsp3) is 0.148. The normalized spacial score (nSPS) is 11.7. The molecule has 0 saturated heterocycles. The van der Waals surface area contributed by atoms with Gasteiger partial charge in [0.1, 0.15) is 0 Å². The fourth-order valence-corrected chi connectivity index (χ4v) is 6.49. The van der Waals surface area contributed by atoms with Crippen LogP contribution in [-0.2, 0) is 49.6 Å². The van der Waals surface area contributed by atoms with Gasteiger partial charge < -0.3 is 20.5 Å². The lowest BCUT2D eigenvalue weighted by molar-refractivity contribution is -0.125. The zero-order valence-corrected chi connectivity index (χ0v) is 35.5. The number of carbonyl (C=O) groups is 6. The standard InChI is InChI=1S/C28H27NO4.C26H23NO4/c1-2-33-28(32)24-16-13-23(14-17-24)20-26(30)25(19-22-11-7-4-8-12-22)29-27(31)18-15-21-9-5-3-6-10-21;28-24(18-21-11-14-22(15-12-21)26(30)31)23(17-20-9-5-2-6-10-20)27-25(29)16-13-19-7-3-1-4-8-19/h3-18,25H,2,19-20H2,1H3,(H,29,31);1-16,23H,17-18H2,(H,27,29)(H,30,31)/b18-15-;16-13-/t25-;23-/m00/s1. The monoisotopic (exact) mass is 854 g/mol. The summed E-state index contributed by atoms with van der Waals surface area (Å²) in [6.07, 6.45) is 7.28. The van der Waals surface area contributed by atoms with E-state index < -0.39 is 24.0 Å². The molecule has 0 aliphatic heterocycles. The Labute approximate surface area is 373 Å². The van der Waals surface area contributed by atoms with E-state index in [2.05, 4.69) is 10.6 Å². The number of hydrogen-bond donors (Lipinski definition) is 3. The fourth-order valence-electron chi connectivity index (χ4n) is 6.49. The van der Waals surface area contributed by atoms with Gasteiger partial charge in [-0.1, -0.05) is 146 Å². The first-order valence-electron chi connectivity index (χ1n) is 20.8. The zero-order chi connectivity index (χ0) is 45.5. The lowest BCUT2D eigenvalue weighted by Crippen LogP contribution is -2.42. The molecule has 10 nitrogen and oxygen atoms in total. The smallest absolute Gasteiger partial charge is 0.338 e. The first-order chi connectivity index (χ1) is 31.1. The van der Waals surface area contributed by atoms with Crippen molar-refractivity contribution in [2.24, 2.45) is 0 Å². The number of carboxylic acid groups (broad SMARTS) is 1. The van der Waals surface area contributed by atoms with Gasteiger partial charge in [0.25, 0.3) is 0 Å². The summed E-state index contributed by atoms with van der Waals surface area (Å²) in [4.78, 5) is 74.0. The summed E-state index contributed by atoms with van der Waals surface area (Å²) in [5.41, 5.74) is 5.75. The van der Waals surface area contributed by atoms with Crippen molar-refractivity contribution in [3.8, 4) is 0 Å². The van der Waals surface area contributed by atoms with Gasteiger partial charge in [0.05, 0.1) is 29.8 Å². The summed E-state index contributed by atoms with van der Waals surface area (Å²) < 4.78 is 4.99. The van der Waals surface area contributed by atoms with Crippen LogP contribution in [0.15, 0.2) is 182 Å². The molecule has 2 amide bonds. The molecule has 0 saturated carbocycles. The van der Waals surface area contributed by atoms with Crippen LogP contribution in [0.1, 0.15) is 61.0 Å². The predicted octanol–water partition coefficient (Wildman–Crippen LogP) is 8.35. The minimum absolute atomic E-state index is 0.0973. The summed E-state index contributed by atoms with van der Waals surface area (Å²) >= 11 is 0. The Kier molecular flexibility index (Phi) is 18.4. The molecule has 0 aliphatic rings. The second-order valence-corrected chi connectivity index (χ2v) is 14.7. The molecule has 324 valence electrons. The molecule has 0 aromatic heterocycles. The average molecular weight is 855 g/mol. The number of carboxylic acids is 1. The van der Waals surface area contributed by atoms with Crippen molar-refractivity contribution in [3.63, 3.8) is 0 Å². The molecule has 10 heteroatoms. The third kappa shape index (κ3) is 16.1. The van der Waals surface area contributed by atoms with Crippen molar-refractivity contribution >= 4 is 47.5 Å². The summed E-state index contributed by atoms with van der Waals surface area (Å²) in [6, 6.07) is 49.6. The van der Waals surface area contributed by atoms with Gasteiger partial charge in [0, 0.05) is 25.0 Å². The molecule has 0 radical (unpaired) electrons. The molecule has 6 aromatic rings. The van der Waals surface area contributed by atoms with Gasteiger partial charge >= 0.3 is 11.9 Å². The molecule has 0 spiro atoms. The van der Waals surface area contributed by atoms with Crippen molar-refractivity contribution in [3.05, 3.63) is 227 Å². The Hall–Kier alpha value is -7.98. The van der Waals surface area contributed by atoms with E-state index in [-0.39, 0.29) is 41.8 Å². The lowest BCUT2D eigenvalue weighted by Gasteiger charge is -2.17. The largest absolute Gasteiger partial charge is 0.478 e. The number of ketones is 2. The highest BCUT2D eigenvalue weighted by atomic mass is 16.5. The molecule has 3 N–H and O–H groups in total. The maximum Gasteiger partial charge on any atom is 0.338 e. The van der Waals surface area contributed by atoms with Crippen molar-refractivity contribution in [1.29, 1.82) is 0 Å². The van der Waals surface area contributed by atoms with E-state index in [4.69, 9.17) is 9.84 Å². The van der Waals surface area contributed by atoms with Crippen LogP contribution in [0.3, 0.4) is 0 Å². The van der Waals surface area contributed by atoms with E-state index in [0.29, 0.717) is 30.6 Å². The van der Waals surface area contributed by atoms with Crippen LogP contribution in [0.2, 0.25) is 0 Å². The van der Waals surface area contributed by atoms with E-state index in [9.17, 15) is 28.8 Å². The highest BCUT2D eigenvalue weighted by Gasteiger charge is 2.22. The summed E-state index contributed by atoms with van der Waals surface area (Å²) in [6.45, 7) is 2.06. The molecule has 2 atom stereocenters. The van der Waals surface area contributed by atoms with Crippen LogP contribution in [-0.4, -0.2) is 59.1 Å². The Morgan fingerprint density at radius 2 is 0.844 bits per heavy atom. The SMILES string of the molecule is CCOC(=O)c1ccc(CC(=O)[C@H](Cc2ccccc2)NC(=O)/C=C\c2ccccc2)cc1.O=C(/C=C\c1ccccc1)N[C@@H](Cc1ccccc1)C(=O)Cc1ccc(C(=O)O)cc1. The molecule has 6 rings (SSSR count). The molecule has 0 unspecified atom stereocenters. The maximum atomic E-state index is 13.1. The Bertz CT molecular complexity index is 2500. The Balaban J connectivity index is 0.000000241. The number of carbonyl (C=O) groups excluding carboxylic acids is 5. The first-order valence-corrected chi connectivity index (χ1v) is 20.8. The zero-order valence-electron chi connectivity index (χ0n) is 35.5. The van der Waals surface area contributed by atoms with Crippen molar-refractivity contribution < 1.29 is 38.6 Å². The van der Waals surface area contributed by atoms with E-state index >= 15 is 0 Å². The lowest BCUT2D eigenvalue weighted by atomic mass is 9.97. The highest BCUT2D eigenvalue weighted by Crippen LogP contribution is 2.13. The van der Waals surface area contributed by atoms with Gasteiger partial charge in [-0.05, 0) is 89.6 Å². The van der Waals surface area contributed by atoms with E-state index in [1.54, 1.807) is 55.5 Å². The van der Waals surface area contributed by atoms with Crippen molar-refractivity contribution in [2.45, 2.75) is 44.7 Å². The minimum atomic E-state index is -1.02. The van der Waals surface area contributed by atoms with Crippen molar-refractivity contribution in [2.75, 3.05) is 6.61 Å². The van der Waals surface area contributed by atoms with Crippen LogP contribution in [0.4, 0.5) is 0 Å². The van der Waals surface area contributed by atoms with Crippen molar-refractivity contribution in [1.82, 2.24) is 10.6 Å². The number of benzene rings is 6. The minimum Gasteiger partial charge on any atom is -0.478 e. The quantitative estimate of drug-likeness (QED) is 0.0543. The molecule has 0 aliphatic carbocycles. The number of amides is 2. The molecule has 0 heterocycles. The number of Topliss-reactive ketones (excluding diaryl/α,β-unsaturated/α-hetero) is 2. The number of aromatic carboxylic acids is 1. The molecule has 6 aromatic carbocycles. The van der Waals surface area contributed by atoms with Gasteiger partial charge in [0.2, 0.25) is 11.8 Å².